The minimum Gasteiger partial charge on any atom is -0.493 e. The molecule has 3 rings (SSSR count). The Kier molecular flexibility index (Phi) is 3.56. The number of methoxy groups -OCH3 is 1. The van der Waals surface area contributed by atoms with E-state index in [1.807, 2.05) is 42.5 Å². The molecule has 0 aliphatic rings. The number of fused-ring (bicyclic) bond motifs is 1. The van der Waals surface area contributed by atoms with Crippen LogP contribution in [0.5, 0.6) is 5.75 Å². The summed E-state index contributed by atoms with van der Waals surface area (Å²) in [5, 5.41) is 0.853. The Labute approximate surface area is 122 Å². The van der Waals surface area contributed by atoms with Crippen LogP contribution in [0.1, 0.15) is 16.1 Å². The van der Waals surface area contributed by atoms with E-state index in [1.54, 1.807) is 25.3 Å². The molecule has 3 aromatic rings. The van der Waals surface area contributed by atoms with E-state index in [-0.39, 0.29) is 5.78 Å². The van der Waals surface area contributed by atoms with E-state index in [9.17, 15) is 4.79 Å². The van der Waals surface area contributed by atoms with Crippen molar-refractivity contribution in [3.05, 3.63) is 72.0 Å². The van der Waals surface area contributed by atoms with Gasteiger partial charge in [-0.05, 0) is 23.8 Å². The zero-order valence-electron chi connectivity index (χ0n) is 11.6. The number of para-hydroxylation sites is 1. The lowest BCUT2D eigenvalue weighted by atomic mass is 10.2. The average molecular weight is 278 g/mol. The summed E-state index contributed by atoms with van der Waals surface area (Å²) in [4.78, 5) is 12.2. The molecular weight excluding hydrogens is 264 g/mol. The van der Waals surface area contributed by atoms with Crippen molar-refractivity contribution in [1.82, 2.24) is 0 Å². The second-order valence-electron chi connectivity index (χ2n) is 4.60. The van der Waals surface area contributed by atoms with Gasteiger partial charge in [0.25, 0.3) is 0 Å². The van der Waals surface area contributed by atoms with Crippen molar-refractivity contribution >= 4 is 22.8 Å². The molecular formula is C18H14O3. The Morgan fingerprint density at radius 2 is 1.90 bits per heavy atom. The number of allylic oxidation sites excluding steroid dienone is 1. The lowest BCUT2D eigenvalue weighted by Gasteiger charge is -1.98. The quantitative estimate of drug-likeness (QED) is 0.526. The van der Waals surface area contributed by atoms with Gasteiger partial charge in [-0.3, -0.25) is 4.79 Å². The Balaban J connectivity index is 1.90. The van der Waals surface area contributed by atoms with Crippen molar-refractivity contribution in [2.75, 3.05) is 7.11 Å². The van der Waals surface area contributed by atoms with E-state index < -0.39 is 0 Å². The first-order valence-electron chi connectivity index (χ1n) is 6.62. The highest BCUT2D eigenvalue weighted by Gasteiger charge is 2.12. The van der Waals surface area contributed by atoms with Crippen molar-refractivity contribution in [3.63, 3.8) is 0 Å². The fourth-order valence-corrected chi connectivity index (χ4v) is 2.14. The van der Waals surface area contributed by atoms with E-state index in [0.29, 0.717) is 17.1 Å². The number of ether oxygens (including phenoxy) is 1. The zero-order valence-corrected chi connectivity index (χ0v) is 11.6. The van der Waals surface area contributed by atoms with Crippen LogP contribution in [0.15, 0.2) is 65.1 Å². The van der Waals surface area contributed by atoms with Crippen LogP contribution in [0.4, 0.5) is 0 Å². The van der Waals surface area contributed by atoms with Crippen LogP contribution >= 0.6 is 0 Å². The largest absolute Gasteiger partial charge is 0.493 e. The molecule has 0 N–H and O–H groups in total. The molecule has 21 heavy (non-hydrogen) atoms. The first-order chi connectivity index (χ1) is 10.3. The van der Waals surface area contributed by atoms with Crippen LogP contribution in [0, 0.1) is 0 Å². The summed E-state index contributed by atoms with van der Waals surface area (Å²) >= 11 is 0. The van der Waals surface area contributed by atoms with Gasteiger partial charge in [0.05, 0.1) is 7.11 Å². The molecule has 0 bridgehead atoms. The summed E-state index contributed by atoms with van der Waals surface area (Å²) in [6.45, 7) is 0. The number of hydrogen-bond acceptors (Lipinski definition) is 3. The first-order valence-corrected chi connectivity index (χ1v) is 6.62. The number of hydrogen-bond donors (Lipinski definition) is 0. The summed E-state index contributed by atoms with van der Waals surface area (Å²) in [5.74, 6) is 0.761. The minimum atomic E-state index is -0.169. The molecule has 0 atom stereocenters. The van der Waals surface area contributed by atoms with Gasteiger partial charge in [0.2, 0.25) is 5.78 Å². The smallest absolute Gasteiger partial charge is 0.221 e. The predicted molar refractivity (Wildman–Crippen MR) is 82.6 cm³/mol. The summed E-state index contributed by atoms with van der Waals surface area (Å²) < 4.78 is 10.8. The Morgan fingerprint density at radius 1 is 1.10 bits per heavy atom. The standard InChI is InChI=1S/C18H14O3/c1-20-16-9-5-8-14-12-17(21-18(14)16)15(19)11-10-13-6-3-2-4-7-13/h2-12H,1H3/b11-10+. The van der Waals surface area contributed by atoms with Crippen LogP contribution in [0.2, 0.25) is 0 Å². The van der Waals surface area contributed by atoms with Gasteiger partial charge in [0.1, 0.15) is 0 Å². The average Bonchev–Trinajstić information content (AvgIpc) is 2.97. The number of furan rings is 1. The van der Waals surface area contributed by atoms with E-state index in [0.717, 1.165) is 10.9 Å². The van der Waals surface area contributed by atoms with Crippen molar-refractivity contribution in [3.8, 4) is 5.75 Å². The SMILES string of the molecule is COc1cccc2cc(C(=O)/C=C/c3ccccc3)oc12. The summed E-state index contributed by atoms with van der Waals surface area (Å²) in [6, 6.07) is 17.0. The molecule has 0 amide bonds. The second kappa shape index (κ2) is 5.67. The molecule has 1 heterocycles. The predicted octanol–water partition coefficient (Wildman–Crippen LogP) is 4.34. The van der Waals surface area contributed by atoms with Gasteiger partial charge in [0.15, 0.2) is 17.1 Å². The summed E-state index contributed by atoms with van der Waals surface area (Å²) in [6.07, 6.45) is 3.28. The number of ketones is 1. The third-order valence-electron chi connectivity index (χ3n) is 3.20. The monoisotopic (exact) mass is 278 g/mol. The third-order valence-corrected chi connectivity index (χ3v) is 3.20. The molecule has 0 aliphatic heterocycles. The van der Waals surface area contributed by atoms with Crippen molar-refractivity contribution in [2.24, 2.45) is 0 Å². The Hall–Kier alpha value is -2.81. The van der Waals surface area contributed by atoms with Crippen LogP contribution in [-0.4, -0.2) is 12.9 Å². The number of benzene rings is 2. The van der Waals surface area contributed by atoms with Gasteiger partial charge in [0, 0.05) is 5.39 Å². The number of rotatable bonds is 4. The number of carbonyl (C=O) groups excluding carboxylic acids is 1. The molecule has 2 aromatic carbocycles. The van der Waals surface area contributed by atoms with Gasteiger partial charge in [-0.15, -0.1) is 0 Å². The maximum atomic E-state index is 12.2. The van der Waals surface area contributed by atoms with Crippen molar-refractivity contribution in [2.45, 2.75) is 0 Å². The lowest BCUT2D eigenvalue weighted by Crippen LogP contribution is -1.90. The highest BCUT2D eigenvalue weighted by molar-refractivity contribution is 6.07. The maximum absolute atomic E-state index is 12.2. The van der Waals surface area contributed by atoms with Crippen LogP contribution in [-0.2, 0) is 0 Å². The number of carbonyl (C=O) groups is 1. The van der Waals surface area contributed by atoms with Crippen molar-refractivity contribution in [1.29, 1.82) is 0 Å². The Bertz CT molecular complexity index is 798. The molecule has 0 saturated heterocycles. The molecule has 0 fully saturated rings. The minimum absolute atomic E-state index is 0.169. The molecule has 104 valence electrons. The van der Waals surface area contributed by atoms with Gasteiger partial charge in [-0.25, -0.2) is 0 Å². The molecule has 0 radical (unpaired) electrons. The maximum Gasteiger partial charge on any atom is 0.221 e. The highest BCUT2D eigenvalue weighted by atomic mass is 16.5. The van der Waals surface area contributed by atoms with Gasteiger partial charge in [-0.2, -0.15) is 0 Å². The molecule has 3 heteroatoms. The topological polar surface area (TPSA) is 39.4 Å². The van der Waals surface area contributed by atoms with Gasteiger partial charge >= 0.3 is 0 Å². The Morgan fingerprint density at radius 3 is 2.67 bits per heavy atom. The molecule has 0 aliphatic carbocycles. The molecule has 0 spiro atoms. The first kappa shape index (κ1) is 13.2. The fraction of sp³-hybridized carbons (Fsp3) is 0.0556. The van der Waals surface area contributed by atoms with Gasteiger partial charge < -0.3 is 9.15 Å². The molecule has 3 nitrogen and oxygen atoms in total. The van der Waals surface area contributed by atoms with E-state index in [1.165, 1.54) is 6.08 Å². The molecule has 0 saturated carbocycles. The van der Waals surface area contributed by atoms with Crippen LogP contribution in [0.25, 0.3) is 17.0 Å². The van der Waals surface area contributed by atoms with Gasteiger partial charge in [-0.1, -0.05) is 48.5 Å². The van der Waals surface area contributed by atoms with Crippen LogP contribution in [0.3, 0.4) is 0 Å². The lowest BCUT2D eigenvalue weighted by molar-refractivity contribution is 0.102. The molecule has 1 aromatic heterocycles. The van der Waals surface area contributed by atoms with E-state index >= 15 is 0 Å². The van der Waals surface area contributed by atoms with Crippen LogP contribution < -0.4 is 4.74 Å². The van der Waals surface area contributed by atoms with Crippen molar-refractivity contribution < 1.29 is 13.9 Å². The summed E-state index contributed by atoms with van der Waals surface area (Å²) in [7, 11) is 1.58. The van der Waals surface area contributed by atoms with E-state index in [4.69, 9.17) is 9.15 Å². The third kappa shape index (κ3) is 2.72. The second-order valence-corrected chi connectivity index (χ2v) is 4.60. The zero-order chi connectivity index (χ0) is 14.7. The van der Waals surface area contributed by atoms with E-state index in [2.05, 4.69) is 0 Å². The fourth-order valence-electron chi connectivity index (χ4n) is 2.14. The highest BCUT2D eigenvalue weighted by Crippen LogP contribution is 2.28. The normalized spacial score (nSPS) is 11.1. The molecule has 0 unspecified atom stereocenters. The summed E-state index contributed by atoms with van der Waals surface area (Å²) in [5.41, 5.74) is 1.57.